The fourth-order valence-electron chi connectivity index (χ4n) is 0.831. The molecule has 0 bridgehead atoms. The highest BCUT2D eigenvalue weighted by Gasteiger charge is 2.00. The second-order valence-electron chi connectivity index (χ2n) is 2.55. The molecule has 0 amide bonds. The maximum Gasteiger partial charge on any atom is 0.202 e. The summed E-state index contributed by atoms with van der Waals surface area (Å²) in [6, 6.07) is 3.43. The zero-order chi connectivity index (χ0) is 11.3. The minimum absolute atomic E-state index is 0. The molecule has 16 heavy (non-hydrogen) atoms. The number of thiocarbonyl (C=S) groups is 1. The summed E-state index contributed by atoms with van der Waals surface area (Å²) < 4.78 is 0. The van der Waals surface area contributed by atoms with E-state index in [4.69, 9.17) is 17.3 Å². The lowest BCUT2D eigenvalue weighted by atomic mass is 10.4. The first-order valence-corrected chi connectivity index (χ1v) is 4.82. The zero-order valence-corrected chi connectivity index (χ0v) is 10.8. The molecule has 1 aromatic rings. The Balaban J connectivity index is 0.00000225. The zero-order valence-electron chi connectivity index (χ0n) is 8.40. The van der Waals surface area contributed by atoms with Crippen LogP contribution in [0.4, 0.5) is 5.82 Å². The SMILES string of the molecule is CN=C(NC(N)=S)Nc1ccc(Cl)cn1.Cl. The van der Waals surface area contributed by atoms with Crippen LogP contribution in [0.2, 0.25) is 5.02 Å². The first-order valence-electron chi connectivity index (χ1n) is 4.03. The summed E-state index contributed by atoms with van der Waals surface area (Å²) >= 11 is 10.4. The molecule has 0 unspecified atom stereocenters. The van der Waals surface area contributed by atoms with E-state index in [0.29, 0.717) is 16.8 Å². The summed E-state index contributed by atoms with van der Waals surface area (Å²) in [5, 5.41) is 6.26. The van der Waals surface area contributed by atoms with Crippen LogP contribution in [0.25, 0.3) is 0 Å². The second-order valence-corrected chi connectivity index (χ2v) is 3.42. The number of rotatable bonds is 1. The predicted octanol–water partition coefficient (Wildman–Crippen LogP) is 1.39. The molecule has 0 aliphatic heterocycles. The Labute approximate surface area is 110 Å². The van der Waals surface area contributed by atoms with Gasteiger partial charge in [-0.25, -0.2) is 4.98 Å². The lowest BCUT2D eigenvalue weighted by Gasteiger charge is -2.09. The van der Waals surface area contributed by atoms with E-state index >= 15 is 0 Å². The molecule has 1 aromatic heterocycles. The normalized spacial score (nSPS) is 10.2. The van der Waals surface area contributed by atoms with Crippen molar-refractivity contribution in [2.45, 2.75) is 0 Å². The maximum atomic E-state index is 5.69. The number of anilines is 1. The van der Waals surface area contributed by atoms with Gasteiger partial charge in [-0.15, -0.1) is 12.4 Å². The Hall–Kier alpha value is -1.11. The summed E-state index contributed by atoms with van der Waals surface area (Å²) in [5.41, 5.74) is 5.30. The van der Waals surface area contributed by atoms with E-state index in [2.05, 4.69) is 32.8 Å². The number of pyridine rings is 1. The molecule has 88 valence electrons. The molecule has 0 saturated heterocycles. The van der Waals surface area contributed by atoms with Crippen molar-refractivity contribution in [1.82, 2.24) is 10.3 Å². The molecule has 0 fully saturated rings. The number of halogens is 2. The van der Waals surface area contributed by atoms with Gasteiger partial charge in [-0.1, -0.05) is 11.6 Å². The summed E-state index contributed by atoms with van der Waals surface area (Å²) in [7, 11) is 1.60. The van der Waals surface area contributed by atoms with Gasteiger partial charge in [-0.2, -0.15) is 0 Å². The number of hydrogen-bond donors (Lipinski definition) is 3. The van der Waals surface area contributed by atoms with Crippen LogP contribution in [-0.4, -0.2) is 23.1 Å². The average Bonchev–Trinajstić information content (AvgIpc) is 2.19. The van der Waals surface area contributed by atoms with Crippen molar-refractivity contribution < 1.29 is 0 Å². The molecule has 8 heteroatoms. The van der Waals surface area contributed by atoms with Gasteiger partial charge in [-0.05, 0) is 24.4 Å². The Bertz CT molecular complexity index is 379. The van der Waals surface area contributed by atoms with Gasteiger partial charge in [0.15, 0.2) is 5.11 Å². The van der Waals surface area contributed by atoms with Gasteiger partial charge < -0.3 is 16.4 Å². The fourth-order valence-corrected chi connectivity index (χ4v) is 1.04. The topological polar surface area (TPSA) is 75.3 Å². The van der Waals surface area contributed by atoms with Gasteiger partial charge in [0.2, 0.25) is 5.96 Å². The molecule has 0 radical (unpaired) electrons. The number of nitrogens with one attached hydrogen (secondary N) is 2. The van der Waals surface area contributed by atoms with E-state index in [0.717, 1.165) is 0 Å². The predicted molar refractivity (Wildman–Crippen MR) is 73.4 cm³/mol. The summed E-state index contributed by atoms with van der Waals surface area (Å²) in [6.45, 7) is 0. The van der Waals surface area contributed by atoms with Crippen LogP contribution in [0, 0.1) is 0 Å². The van der Waals surface area contributed by atoms with E-state index in [1.807, 2.05) is 0 Å². The standard InChI is InChI=1S/C8H10ClN5S.ClH/c1-11-8(14-7(10)15)13-6-3-2-5(9)4-12-6;/h2-4H,1H3,(H4,10,11,12,13,14,15);1H. The molecule has 0 aliphatic rings. The van der Waals surface area contributed by atoms with Gasteiger partial charge >= 0.3 is 0 Å². The minimum Gasteiger partial charge on any atom is -0.376 e. The minimum atomic E-state index is 0. The highest BCUT2D eigenvalue weighted by molar-refractivity contribution is 7.80. The lowest BCUT2D eigenvalue weighted by molar-refractivity contribution is 1.24. The molecule has 1 heterocycles. The van der Waals surface area contributed by atoms with Crippen molar-refractivity contribution >= 4 is 53.1 Å². The fraction of sp³-hybridized carbons (Fsp3) is 0.125. The average molecular weight is 280 g/mol. The first-order chi connectivity index (χ1) is 7.11. The van der Waals surface area contributed by atoms with Gasteiger partial charge in [0.25, 0.3) is 0 Å². The molecule has 0 spiro atoms. The van der Waals surface area contributed by atoms with Gasteiger partial charge in [0.1, 0.15) is 5.82 Å². The highest BCUT2D eigenvalue weighted by Crippen LogP contribution is 2.08. The summed E-state index contributed by atoms with van der Waals surface area (Å²) in [5.74, 6) is 1.03. The van der Waals surface area contributed by atoms with Crippen LogP contribution in [0.5, 0.6) is 0 Å². The Morgan fingerprint density at radius 1 is 1.56 bits per heavy atom. The monoisotopic (exact) mass is 279 g/mol. The van der Waals surface area contributed by atoms with Crippen LogP contribution in [0.15, 0.2) is 23.3 Å². The molecule has 0 saturated carbocycles. The third kappa shape index (κ3) is 5.11. The van der Waals surface area contributed by atoms with Crippen LogP contribution in [-0.2, 0) is 0 Å². The van der Waals surface area contributed by atoms with E-state index in [9.17, 15) is 0 Å². The van der Waals surface area contributed by atoms with E-state index in [1.54, 1.807) is 19.2 Å². The number of aromatic nitrogens is 1. The molecular formula is C8H11Cl2N5S. The molecular weight excluding hydrogens is 269 g/mol. The van der Waals surface area contributed by atoms with Crippen molar-refractivity contribution in [3.63, 3.8) is 0 Å². The van der Waals surface area contributed by atoms with Gasteiger partial charge in [0, 0.05) is 13.2 Å². The Morgan fingerprint density at radius 3 is 2.69 bits per heavy atom. The van der Waals surface area contributed by atoms with E-state index < -0.39 is 0 Å². The van der Waals surface area contributed by atoms with Crippen molar-refractivity contribution in [3.8, 4) is 0 Å². The molecule has 1 rings (SSSR count). The molecule has 5 nitrogen and oxygen atoms in total. The van der Waals surface area contributed by atoms with Crippen LogP contribution < -0.4 is 16.4 Å². The second kappa shape index (κ2) is 7.21. The number of nitrogens with zero attached hydrogens (tertiary/aromatic N) is 2. The Morgan fingerprint density at radius 2 is 2.25 bits per heavy atom. The highest BCUT2D eigenvalue weighted by atomic mass is 35.5. The largest absolute Gasteiger partial charge is 0.376 e. The number of hydrogen-bond acceptors (Lipinski definition) is 3. The van der Waals surface area contributed by atoms with Crippen LogP contribution >= 0.6 is 36.2 Å². The molecule has 0 aliphatic carbocycles. The number of aliphatic imine (C=N–C) groups is 1. The third-order valence-electron chi connectivity index (χ3n) is 1.44. The van der Waals surface area contributed by atoms with E-state index in [-0.39, 0.29) is 17.5 Å². The molecule has 0 atom stereocenters. The van der Waals surface area contributed by atoms with Crippen LogP contribution in [0.3, 0.4) is 0 Å². The molecule has 4 N–H and O–H groups in total. The third-order valence-corrected chi connectivity index (χ3v) is 1.76. The van der Waals surface area contributed by atoms with Crippen molar-refractivity contribution in [2.75, 3.05) is 12.4 Å². The van der Waals surface area contributed by atoms with Crippen molar-refractivity contribution in [2.24, 2.45) is 10.7 Å². The summed E-state index contributed by atoms with van der Waals surface area (Å²) in [6.07, 6.45) is 1.53. The Kier molecular flexibility index (Phi) is 6.71. The lowest BCUT2D eigenvalue weighted by Crippen LogP contribution is -2.39. The smallest absolute Gasteiger partial charge is 0.202 e. The van der Waals surface area contributed by atoms with Gasteiger partial charge in [-0.3, -0.25) is 4.99 Å². The first kappa shape index (κ1) is 14.9. The maximum absolute atomic E-state index is 5.69. The van der Waals surface area contributed by atoms with Crippen molar-refractivity contribution in [1.29, 1.82) is 0 Å². The number of nitrogens with two attached hydrogens (primary N) is 1. The quantitative estimate of drug-likeness (QED) is 0.412. The molecule has 0 aromatic carbocycles. The van der Waals surface area contributed by atoms with Crippen LogP contribution in [0.1, 0.15) is 0 Å². The van der Waals surface area contributed by atoms with Crippen molar-refractivity contribution in [3.05, 3.63) is 23.4 Å². The van der Waals surface area contributed by atoms with Gasteiger partial charge in [0.05, 0.1) is 5.02 Å². The number of guanidine groups is 1. The summed E-state index contributed by atoms with van der Waals surface area (Å²) in [4.78, 5) is 7.93. The van der Waals surface area contributed by atoms with E-state index in [1.165, 1.54) is 6.20 Å².